The molecule has 1 aliphatic rings. The van der Waals surface area contributed by atoms with Gasteiger partial charge in [0.25, 0.3) is 0 Å². The summed E-state index contributed by atoms with van der Waals surface area (Å²) in [6.07, 6.45) is 3.15. The molecule has 0 bridgehead atoms. The van der Waals surface area contributed by atoms with Crippen molar-refractivity contribution in [3.05, 3.63) is 0 Å². The number of Topliss-reactive ketones (excluding diaryl/α,β-unsaturated/α-hetero) is 1. The van der Waals surface area contributed by atoms with E-state index in [-0.39, 0.29) is 35.5 Å². The topological polar surface area (TPSA) is 99.3 Å². The van der Waals surface area contributed by atoms with Crippen molar-refractivity contribution in [3.8, 4) is 0 Å². The first kappa shape index (κ1) is 36.0. The lowest BCUT2D eigenvalue weighted by atomic mass is 10.00. The maximum Gasteiger partial charge on any atom is 0.246 e. The van der Waals surface area contributed by atoms with Gasteiger partial charge in [0.05, 0.1) is 18.2 Å². The number of likely N-dealkylation sites (tertiary alicyclic amines) is 1. The van der Waals surface area contributed by atoms with Gasteiger partial charge < -0.3 is 24.8 Å². The number of ether oxygens (including phenoxy) is 1. The summed E-state index contributed by atoms with van der Waals surface area (Å²) in [6.45, 7) is 23.2. The monoisotopic (exact) mass is 566 g/mol. The van der Waals surface area contributed by atoms with Gasteiger partial charge in [-0.05, 0) is 80.6 Å². The number of rotatable bonds is 17. The molecule has 3 amide bonds. The Morgan fingerprint density at radius 3 is 2.00 bits per heavy atom. The predicted octanol–water partition coefficient (Wildman–Crippen LogP) is 4.17. The van der Waals surface area contributed by atoms with Gasteiger partial charge in [0, 0.05) is 37.6 Å². The zero-order valence-corrected chi connectivity index (χ0v) is 27.3. The Balaban J connectivity index is 2.96. The number of carbonyl (C=O) groups is 4. The summed E-state index contributed by atoms with van der Waals surface area (Å²) >= 11 is 0. The van der Waals surface area contributed by atoms with Crippen LogP contribution >= 0.6 is 0 Å². The maximum absolute atomic E-state index is 13.8. The third kappa shape index (κ3) is 10.1. The summed E-state index contributed by atoms with van der Waals surface area (Å²) in [7, 11) is 0. The van der Waals surface area contributed by atoms with Gasteiger partial charge in [-0.25, -0.2) is 0 Å². The number of nitrogens with zero attached hydrogens (tertiary/aromatic N) is 3. The van der Waals surface area contributed by atoms with Gasteiger partial charge in [-0.1, -0.05) is 27.7 Å². The van der Waals surface area contributed by atoms with E-state index in [1.807, 2.05) is 41.5 Å². The molecule has 0 aromatic carbocycles. The molecule has 3 atom stereocenters. The second-order valence-corrected chi connectivity index (χ2v) is 12.7. The molecule has 1 fully saturated rings. The van der Waals surface area contributed by atoms with E-state index in [1.165, 1.54) is 6.92 Å². The molecule has 1 aliphatic heterocycles. The fourth-order valence-corrected chi connectivity index (χ4v) is 5.84. The Hall–Kier alpha value is -2.00. The molecule has 1 heterocycles. The van der Waals surface area contributed by atoms with E-state index in [4.69, 9.17) is 4.74 Å². The number of ketones is 1. The fraction of sp³-hybridized carbons (Fsp3) is 0.871. The van der Waals surface area contributed by atoms with Crippen LogP contribution in [0, 0.1) is 0 Å². The molecule has 1 N–H and O–H groups in total. The van der Waals surface area contributed by atoms with Gasteiger partial charge >= 0.3 is 0 Å². The van der Waals surface area contributed by atoms with Gasteiger partial charge in [0.2, 0.25) is 17.7 Å². The van der Waals surface area contributed by atoms with Crippen molar-refractivity contribution in [1.29, 1.82) is 0 Å². The van der Waals surface area contributed by atoms with Crippen molar-refractivity contribution >= 4 is 23.5 Å². The van der Waals surface area contributed by atoms with Crippen molar-refractivity contribution in [2.24, 2.45) is 0 Å². The molecule has 40 heavy (non-hydrogen) atoms. The molecule has 9 heteroatoms. The molecular weight excluding hydrogens is 508 g/mol. The third-order valence-electron chi connectivity index (χ3n) is 7.83. The normalized spacial score (nSPS) is 17.6. The summed E-state index contributed by atoms with van der Waals surface area (Å²) < 4.78 is 6.21. The SMILES string of the molecule is CCC(C(C)=O)N(CC)C(=O)C(CC)N(CC)C(=O)C1CCCN1C(=O)CCC(C)(C)OCC(C)(C)NC(C)C. The van der Waals surface area contributed by atoms with E-state index in [2.05, 4.69) is 33.0 Å². The summed E-state index contributed by atoms with van der Waals surface area (Å²) in [4.78, 5) is 58.0. The number of likely N-dealkylation sites (N-methyl/N-ethyl adjacent to an activating group) is 2. The highest BCUT2D eigenvalue weighted by Crippen LogP contribution is 2.26. The molecular formula is C31H58N4O5. The first-order chi connectivity index (χ1) is 18.6. The highest BCUT2D eigenvalue weighted by molar-refractivity contribution is 5.94. The second-order valence-electron chi connectivity index (χ2n) is 12.7. The van der Waals surface area contributed by atoms with Crippen molar-refractivity contribution in [2.45, 2.75) is 150 Å². The van der Waals surface area contributed by atoms with Crippen LogP contribution in [0.1, 0.15) is 115 Å². The molecule has 1 saturated heterocycles. The minimum absolute atomic E-state index is 0.0545. The molecule has 0 saturated carbocycles. The highest BCUT2D eigenvalue weighted by atomic mass is 16.5. The lowest BCUT2D eigenvalue weighted by Crippen LogP contribution is -2.57. The summed E-state index contributed by atoms with van der Waals surface area (Å²) in [6, 6.07) is -1.40. The van der Waals surface area contributed by atoms with Gasteiger partial charge in [-0.15, -0.1) is 0 Å². The van der Waals surface area contributed by atoms with Crippen LogP contribution in [0.25, 0.3) is 0 Å². The lowest BCUT2D eigenvalue weighted by Gasteiger charge is -2.38. The first-order valence-electron chi connectivity index (χ1n) is 15.4. The zero-order chi connectivity index (χ0) is 30.8. The van der Waals surface area contributed by atoms with Crippen molar-refractivity contribution in [1.82, 2.24) is 20.0 Å². The van der Waals surface area contributed by atoms with Gasteiger partial charge in [-0.3, -0.25) is 19.2 Å². The molecule has 232 valence electrons. The average Bonchev–Trinajstić information content (AvgIpc) is 3.36. The van der Waals surface area contributed by atoms with E-state index in [0.717, 1.165) is 6.42 Å². The Morgan fingerprint density at radius 2 is 1.52 bits per heavy atom. The van der Waals surface area contributed by atoms with Crippen molar-refractivity contribution < 1.29 is 23.9 Å². The Kier molecular flexibility index (Phi) is 14.3. The quantitative estimate of drug-likeness (QED) is 0.284. The summed E-state index contributed by atoms with van der Waals surface area (Å²) in [5.41, 5.74) is -0.677. The number of carbonyl (C=O) groups excluding carboxylic acids is 4. The first-order valence-corrected chi connectivity index (χ1v) is 15.4. The Bertz CT molecular complexity index is 857. The van der Waals surface area contributed by atoms with Crippen LogP contribution < -0.4 is 5.32 Å². The highest BCUT2D eigenvalue weighted by Gasteiger charge is 2.41. The van der Waals surface area contributed by atoms with Gasteiger partial charge in [0.15, 0.2) is 5.78 Å². The van der Waals surface area contributed by atoms with Crippen molar-refractivity contribution in [3.63, 3.8) is 0 Å². The minimum atomic E-state index is -0.668. The Labute approximate surface area is 243 Å². The van der Waals surface area contributed by atoms with Gasteiger partial charge in [0.1, 0.15) is 12.1 Å². The molecule has 0 aromatic rings. The largest absolute Gasteiger partial charge is 0.374 e. The van der Waals surface area contributed by atoms with Gasteiger partial charge in [-0.2, -0.15) is 0 Å². The van der Waals surface area contributed by atoms with Crippen molar-refractivity contribution in [2.75, 3.05) is 26.2 Å². The van der Waals surface area contributed by atoms with E-state index in [1.54, 1.807) is 14.7 Å². The van der Waals surface area contributed by atoms with Crippen LogP contribution in [0.15, 0.2) is 0 Å². The smallest absolute Gasteiger partial charge is 0.246 e. The molecule has 0 aromatic heterocycles. The number of hydrogen-bond donors (Lipinski definition) is 1. The minimum Gasteiger partial charge on any atom is -0.374 e. The predicted molar refractivity (Wildman–Crippen MR) is 160 cm³/mol. The second kappa shape index (κ2) is 15.9. The molecule has 1 rings (SSSR count). The van der Waals surface area contributed by atoms with Crippen LogP contribution in [-0.4, -0.2) is 99.8 Å². The van der Waals surface area contributed by atoms with Crippen LogP contribution in [0.4, 0.5) is 0 Å². The fourth-order valence-electron chi connectivity index (χ4n) is 5.84. The average molecular weight is 567 g/mol. The number of hydrogen-bond acceptors (Lipinski definition) is 6. The molecule has 3 unspecified atom stereocenters. The third-order valence-corrected chi connectivity index (χ3v) is 7.83. The molecule has 0 spiro atoms. The number of nitrogens with one attached hydrogen (secondary N) is 1. The van der Waals surface area contributed by atoms with E-state index in [9.17, 15) is 19.2 Å². The summed E-state index contributed by atoms with van der Waals surface area (Å²) in [5, 5.41) is 3.50. The van der Waals surface area contributed by atoms with E-state index >= 15 is 0 Å². The standard InChI is InChI=1S/C31H58N4O5/c1-12-24(23(7)36)33(14-3)28(38)25(13-2)34(15-4)29(39)26-17-16-20-35(26)27(37)18-19-31(10,11)40-21-30(8,9)32-22(5)6/h22,24-26,32H,12-21H2,1-11H3. The Morgan fingerprint density at radius 1 is 0.950 bits per heavy atom. The molecule has 9 nitrogen and oxygen atoms in total. The molecule has 0 radical (unpaired) electrons. The van der Waals surface area contributed by atoms with E-state index in [0.29, 0.717) is 58.0 Å². The number of amides is 3. The lowest BCUT2D eigenvalue weighted by molar-refractivity contribution is -0.153. The summed E-state index contributed by atoms with van der Waals surface area (Å²) in [5.74, 6) is -0.495. The maximum atomic E-state index is 13.8. The van der Waals surface area contributed by atoms with Crippen LogP contribution in [0.2, 0.25) is 0 Å². The molecule has 0 aliphatic carbocycles. The van der Waals surface area contributed by atoms with Crippen LogP contribution in [-0.2, 0) is 23.9 Å². The van der Waals surface area contributed by atoms with E-state index < -0.39 is 23.7 Å². The van der Waals surface area contributed by atoms with Crippen LogP contribution in [0.3, 0.4) is 0 Å². The zero-order valence-electron chi connectivity index (χ0n) is 27.3. The van der Waals surface area contributed by atoms with Crippen LogP contribution in [0.5, 0.6) is 0 Å².